The van der Waals surface area contributed by atoms with Crippen LogP contribution >= 0.6 is 11.6 Å². The van der Waals surface area contributed by atoms with E-state index >= 15 is 4.39 Å². The van der Waals surface area contributed by atoms with Gasteiger partial charge in [-0.05, 0) is 57.4 Å². The third kappa shape index (κ3) is 7.56. The number of ether oxygens (including phenoxy) is 1. The molecule has 2 fully saturated rings. The van der Waals surface area contributed by atoms with Crippen molar-refractivity contribution in [1.29, 1.82) is 0 Å². The lowest BCUT2D eigenvalue weighted by molar-refractivity contribution is -0.0587. The Hall–Kier alpha value is -1.41. The lowest BCUT2D eigenvalue weighted by Gasteiger charge is -2.43. The average Bonchev–Trinajstić information content (AvgIpc) is 2.88. The largest absolute Gasteiger partial charge is 0.385 e. The van der Waals surface area contributed by atoms with Crippen LogP contribution in [0.2, 0.25) is 5.02 Å². The third-order valence-electron chi connectivity index (χ3n) is 8.28. The van der Waals surface area contributed by atoms with Crippen LogP contribution in [0.3, 0.4) is 0 Å². The Kier molecular flexibility index (Phi) is 11.3. The molecule has 204 valence electrons. The van der Waals surface area contributed by atoms with Gasteiger partial charge in [-0.15, -0.1) is 0 Å². The van der Waals surface area contributed by atoms with Crippen LogP contribution in [0, 0.1) is 17.7 Å². The predicted octanol–water partition coefficient (Wildman–Crippen LogP) is 5.59. The maximum atomic E-state index is 15.1. The van der Waals surface area contributed by atoms with Gasteiger partial charge in [0.25, 0.3) is 0 Å². The lowest BCUT2D eigenvalue weighted by atomic mass is 9.74. The number of piperidine rings is 1. The van der Waals surface area contributed by atoms with E-state index in [1.807, 2.05) is 6.92 Å². The molecule has 1 heterocycles. The standard InChI is InChI=1S/C28H45ClFN3O3/c1-20(25(31)18-21-10-4-3-5-11-21)32-27(34)33-16-9-12-22(19-33)28(35,15-6-7-17-36-2)23-13-8-14-24(29)26(23)30/h8,13-14,20-22,25,35H,3-7,9-12,15-19,31H2,1-2H3,(H,32,34)/t20-,22?,25-,28-/m0/s1. The number of benzene rings is 1. The average molecular weight is 526 g/mol. The van der Waals surface area contributed by atoms with Crippen molar-refractivity contribution in [1.82, 2.24) is 10.2 Å². The number of urea groups is 1. The Morgan fingerprint density at radius 3 is 2.75 bits per heavy atom. The van der Waals surface area contributed by atoms with Gasteiger partial charge in [0, 0.05) is 50.4 Å². The monoisotopic (exact) mass is 525 g/mol. The number of nitrogens with zero attached hydrogens (tertiary/aromatic N) is 1. The van der Waals surface area contributed by atoms with E-state index in [-0.39, 0.29) is 34.6 Å². The highest BCUT2D eigenvalue weighted by molar-refractivity contribution is 6.30. The second-order valence-electron chi connectivity index (χ2n) is 10.9. The summed E-state index contributed by atoms with van der Waals surface area (Å²) >= 11 is 6.09. The van der Waals surface area contributed by atoms with E-state index in [1.165, 1.54) is 38.2 Å². The first-order valence-corrected chi connectivity index (χ1v) is 14.1. The van der Waals surface area contributed by atoms with Crippen molar-refractivity contribution in [3.05, 3.63) is 34.6 Å². The molecule has 0 bridgehead atoms. The number of unbranched alkanes of at least 4 members (excludes halogenated alkanes) is 1. The molecular weight excluding hydrogens is 481 g/mol. The van der Waals surface area contributed by atoms with Crippen molar-refractivity contribution < 1.29 is 19.0 Å². The van der Waals surface area contributed by atoms with Crippen LogP contribution in [0.25, 0.3) is 0 Å². The molecule has 1 saturated carbocycles. The van der Waals surface area contributed by atoms with Crippen molar-refractivity contribution in [2.24, 2.45) is 17.6 Å². The fraction of sp³-hybridized carbons (Fsp3) is 0.750. The Balaban J connectivity index is 1.67. The summed E-state index contributed by atoms with van der Waals surface area (Å²) in [6.07, 6.45) is 10.5. The summed E-state index contributed by atoms with van der Waals surface area (Å²) in [7, 11) is 1.64. The molecule has 1 saturated heterocycles. The third-order valence-corrected chi connectivity index (χ3v) is 8.57. The van der Waals surface area contributed by atoms with Gasteiger partial charge in [-0.2, -0.15) is 0 Å². The second kappa shape index (κ2) is 13.9. The van der Waals surface area contributed by atoms with Crippen molar-refractivity contribution in [2.75, 3.05) is 26.8 Å². The SMILES string of the molecule is COCCCC[C@@](O)(c1cccc(Cl)c1F)C1CCCN(C(=O)N[C@@H](C)[C@@H](N)CC2CCCCC2)C1. The zero-order valence-corrected chi connectivity index (χ0v) is 22.7. The van der Waals surface area contributed by atoms with Gasteiger partial charge in [0.2, 0.25) is 0 Å². The minimum absolute atomic E-state index is 0.00555. The molecule has 1 unspecified atom stereocenters. The first kappa shape index (κ1) is 29.2. The van der Waals surface area contributed by atoms with E-state index in [0.29, 0.717) is 44.9 Å². The predicted molar refractivity (Wildman–Crippen MR) is 142 cm³/mol. The zero-order valence-electron chi connectivity index (χ0n) is 22.0. The highest BCUT2D eigenvalue weighted by Gasteiger charge is 2.43. The topological polar surface area (TPSA) is 87.8 Å². The molecule has 1 aliphatic heterocycles. The zero-order chi connectivity index (χ0) is 26.1. The number of rotatable bonds is 11. The molecule has 2 amide bonds. The molecule has 36 heavy (non-hydrogen) atoms. The number of halogens is 2. The molecule has 1 aromatic rings. The summed E-state index contributed by atoms with van der Waals surface area (Å²) in [4.78, 5) is 15.0. The first-order valence-electron chi connectivity index (χ1n) is 13.7. The van der Waals surface area contributed by atoms with Gasteiger partial charge in [0.15, 0.2) is 0 Å². The van der Waals surface area contributed by atoms with Gasteiger partial charge >= 0.3 is 6.03 Å². The molecule has 0 radical (unpaired) electrons. The number of hydrogen-bond donors (Lipinski definition) is 3. The summed E-state index contributed by atoms with van der Waals surface area (Å²) in [5.41, 5.74) is 5.26. The molecule has 1 aliphatic carbocycles. The van der Waals surface area contributed by atoms with Gasteiger partial charge in [0.05, 0.1) is 10.6 Å². The van der Waals surface area contributed by atoms with Gasteiger partial charge in [0.1, 0.15) is 5.82 Å². The molecule has 0 spiro atoms. The Labute approximate surface area is 221 Å². The van der Waals surface area contributed by atoms with E-state index in [2.05, 4.69) is 5.32 Å². The number of nitrogens with one attached hydrogen (secondary N) is 1. The Morgan fingerprint density at radius 2 is 2.03 bits per heavy atom. The number of hydrogen-bond acceptors (Lipinski definition) is 4. The molecule has 2 aliphatic rings. The van der Waals surface area contributed by atoms with Gasteiger partial charge in [-0.1, -0.05) is 55.8 Å². The van der Waals surface area contributed by atoms with E-state index in [0.717, 1.165) is 19.3 Å². The van der Waals surface area contributed by atoms with Crippen LogP contribution < -0.4 is 11.1 Å². The van der Waals surface area contributed by atoms with Crippen LogP contribution in [0.4, 0.5) is 9.18 Å². The van der Waals surface area contributed by atoms with Gasteiger partial charge in [-0.25, -0.2) is 9.18 Å². The van der Waals surface area contributed by atoms with Crippen LogP contribution in [0.5, 0.6) is 0 Å². The highest BCUT2D eigenvalue weighted by Crippen LogP contribution is 2.42. The summed E-state index contributed by atoms with van der Waals surface area (Å²) in [5, 5.41) is 15.0. The van der Waals surface area contributed by atoms with Gasteiger partial charge < -0.3 is 25.8 Å². The van der Waals surface area contributed by atoms with Crippen molar-refractivity contribution in [3.8, 4) is 0 Å². The summed E-state index contributed by atoms with van der Waals surface area (Å²) in [6.45, 7) is 3.50. The quantitative estimate of drug-likeness (QED) is 0.328. The van der Waals surface area contributed by atoms with Crippen LogP contribution in [-0.4, -0.2) is 54.9 Å². The molecule has 4 atom stereocenters. The fourth-order valence-corrected chi connectivity index (χ4v) is 6.17. The van der Waals surface area contributed by atoms with Crippen LogP contribution in [0.1, 0.15) is 83.1 Å². The van der Waals surface area contributed by atoms with E-state index in [9.17, 15) is 9.90 Å². The Morgan fingerprint density at radius 1 is 1.28 bits per heavy atom. The van der Waals surface area contributed by atoms with E-state index in [4.69, 9.17) is 22.1 Å². The minimum atomic E-state index is -1.43. The smallest absolute Gasteiger partial charge is 0.317 e. The molecule has 0 aromatic heterocycles. The molecular formula is C28H45ClFN3O3. The second-order valence-corrected chi connectivity index (χ2v) is 11.3. The van der Waals surface area contributed by atoms with Crippen molar-refractivity contribution in [2.45, 2.75) is 95.2 Å². The number of amides is 2. The lowest BCUT2D eigenvalue weighted by Crippen LogP contribution is -2.55. The van der Waals surface area contributed by atoms with Crippen LogP contribution in [0.15, 0.2) is 18.2 Å². The molecule has 4 N–H and O–H groups in total. The minimum Gasteiger partial charge on any atom is -0.385 e. The number of methoxy groups -OCH3 is 1. The maximum Gasteiger partial charge on any atom is 0.317 e. The summed E-state index contributed by atoms with van der Waals surface area (Å²) in [6, 6.07) is 4.38. The summed E-state index contributed by atoms with van der Waals surface area (Å²) in [5.74, 6) is -0.246. The number of aliphatic hydroxyl groups is 1. The molecule has 8 heteroatoms. The van der Waals surface area contributed by atoms with Crippen molar-refractivity contribution >= 4 is 17.6 Å². The van der Waals surface area contributed by atoms with Crippen molar-refractivity contribution in [3.63, 3.8) is 0 Å². The Bertz CT molecular complexity index is 838. The van der Waals surface area contributed by atoms with E-state index in [1.54, 1.807) is 24.1 Å². The number of carbonyl (C=O) groups is 1. The number of carbonyl (C=O) groups excluding carboxylic acids is 1. The molecule has 3 rings (SSSR count). The van der Waals surface area contributed by atoms with Crippen LogP contribution in [-0.2, 0) is 10.3 Å². The van der Waals surface area contributed by atoms with E-state index < -0.39 is 11.4 Å². The summed E-state index contributed by atoms with van der Waals surface area (Å²) < 4.78 is 20.3. The number of nitrogens with two attached hydrogens (primary N) is 1. The van der Waals surface area contributed by atoms with Gasteiger partial charge in [-0.3, -0.25) is 0 Å². The maximum absolute atomic E-state index is 15.1. The highest BCUT2D eigenvalue weighted by atomic mass is 35.5. The normalized spacial score (nSPS) is 22.6. The number of likely N-dealkylation sites (tertiary alicyclic amines) is 1. The molecule has 1 aromatic carbocycles. The first-order chi connectivity index (χ1) is 17.3. The fourth-order valence-electron chi connectivity index (χ4n) is 5.99. The molecule has 6 nitrogen and oxygen atoms in total.